The highest BCUT2D eigenvalue weighted by Gasteiger charge is 2.11. The lowest BCUT2D eigenvalue weighted by Gasteiger charge is -2.11. The van der Waals surface area contributed by atoms with E-state index >= 15 is 0 Å². The van der Waals surface area contributed by atoms with Gasteiger partial charge in [-0.25, -0.2) is 14.4 Å². The van der Waals surface area contributed by atoms with E-state index < -0.39 is 12.9 Å². The average molecular weight is 367 g/mol. The minimum absolute atomic E-state index is 0.176. The van der Waals surface area contributed by atoms with Crippen LogP contribution in [-0.2, 0) is 0 Å². The number of nitrogens with zero attached hydrogens (tertiary/aromatic N) is 2. The van der Waals surface area contributed by atoms with Gasteiger partial charge in [-0.05, 0) is 24.3 Å². The molecule has 3 aromatic rings. The molecule has 1 aromatic heterocycles. The highest BCUT2D eigenvalue weighted by Crippen LogP contribution is 2.34. The number of benzene rings is 2. The van der Waals surface area contributed by atoms with Gasteiger partial charge < -0.3 is 15.2 Å². The Kier molecular flexibility index (Phi) is 2.93. The number of halogens is 2. The van der Waals surface area contributed by atoms with Crippen LogP contribution in [0.15, 0.2) is 41.1 Å². The van der Waals surface area contributed by atoms with Gasteiger partial charge in [0.2, 0.25) is 0 Å². The maximum absolute atomic E-state index is 14.0. The number of rotatable bonds is 3. The molecule has 2 aromatic carbocycles. The molecule has 22 heavy (non-hydrogen) atoms. The van der Waals surface area contributed by atoms with Crippen LogP contribution < -0.4 is 10.1 Å². The lowest BCUT2D eigenvalue weighted by atomic mass is 10.2. The molecule has 7 heteroatoms. The molecule has 0 amide bonds. The Labute approximate surface area is 138 Å². The number of hydrogen-bond acceptors (Lipinski definition) is 5. The molecule has 3 rings (SSSR count). The smallest absolute Gasteiger partial charge is 0.161 e. The predicted octanol–water partition coefficient (Wildman–Crippen LogP) is 3.99. The Bertz CT molecular complexity index is 953. The van der Waals surface area contributed by atoms with Crippen molar-refractivity contribution in [3.05, 3.63) is 46.9 Å². The number of methoxy groups -OCH3 is 1. The summed E-state index contributed by atoms with van der Waals surface area (Å²) in [5, 5.41) is 13.1. The summed E-state index contributed by atoms with van der Waals surface area (Å²) in [6, 6.07) is 7.01. The molecule has 0 saturated heterocycles. The van der Waals surface area contributed by atoms with Gasteiger partial charge in [-0.2, -0.15) is 0 Å². The van der Waals surface area contributed by atoms with Crippen molar-refractivity contribution in [2.24, 2.45) is 0 Å². The molecule has 1 heterocycles. The molecule has 0 unspecified atom stereocenters. The third kappa shape index (κ3) is 2.67. The van der Waals surface area contributed by atoms with E-state index in [1.807, 2.05) is 0 Å². The number of phenolic OH excluding ortho intramolecular Hbond substituents is 1. The summed E-state index contributed by atoms with van der Waals surface area (Å²) in [5.41, 5.74) is 0.514. The maximum atomic E-state index is 14.0. The second kappa shape index (κ2) is 5.76. The average Bonchev–Trinajstić information content (AvgIpc) is 2.50. The van der Waals surface area contributed by atoms with E-state index in [9.17, 15) is 9.50 Å². The third-order valence-electron chi connectivity index (χ3n) is 3.01. The largest absolute Gasteiger partial charge is 0.504 e. The molecule has 112 valence electrons. The second-order valence-corrected chi connectivity index (χ2v) is 5.33. The first-order valence-electron chi connectivity index (χ1n) is 7.62. The van der Waals surface area contributed by atoms with E-state index in [1.54, 1.807) is 6.07 Å². The van der Waals surface area contributed by atoms with Crippen molar-refractivity contribution >= 4 is 38.3 Å². The van der Waals surface area contributed by atoms with Crippen molar-refractivity contribution in [1.82, 2.24) is 9.97 Å². The SMILES string of the molecule is [2H]C([2H])([2H])Oc1cc2c(Nc3ccc(Br)cc3F)ncnc2cc1O. The van der Waals surface area contributed by atoms with Gasteiger partial charge in [0.25, 0.3) is 0 Å². The van der Waals surface area contributed by atoms with Gasteiger partial charge in [-0.15, -0.1) is 0 Å². The van der Waals surface area contributed by atoms with Crippen molar-refractivity contribution in [3.63, 3.8) is 0 Å². The summed E-state index contributed by atoms with van der Waals surface area (Å²) in [7, 11) is -2.73. The molecule has 0 fully saturated rings. The zero-order valence-corrected chi connectivity index (χ0v) is 12.6. The number of anilines is 2. The second-order valence-electron chi connectivity index (χ2n) is 4.41. The summed E-state index contributed by atoms with van der Waals surface area (Å²) in [5.74, 6) is -0.884. The number of hydrogen-bond donors (Lipinski definition) is 2. The van der Waals surface area contributed by atoms with E-state index in [4.69, 9.17) is 8.85 Å². The van der Waals surface area contributed by atoms with Crippen molar-refractivity contribution in [2.75, 3.05) is 12.4 Å². The summed E-state index contributed by atoms with van der Waals surface area (Å²) in [4.78, 5) is 8.06. The normalized spacial score (nSPS) is 13.3. The first-order chi connectivity index (χ1) is 11.7. The molecule has 0 atom stereocenters. The molecular weight excluding hydrogens is 353 g/mol. The molecular formula is C15H11BrFN3O2. The standard InChI is InChI=1S/C15H11BrFN3O2/c1-22-14-5-9-12(6-13(14)21)18-7-19-15(9)20-11-3-2-8(16)4-10(11)17/h2-7,21H,1H3,(H,18,19,20)/i1D3. The van der Waals surface area contributed by atoms with E-state index in [-0.39, 0.29) is 23.0 Å². The van der Waals surface area contributed by atoms with E-state index in [0.29, 0.717) is 15.4 Å². The molecule has 5 nitrogen and oxygen atoms in total. The fourth-order valence-electron chi connectivity index (χ4n) is 1.97. The van der Waals surface area contributed by atoms with Crippen LogP contribution in [0, 0.1) is 5.82 Å². The summed E-state index contributed by atoms with van der Waals surface area (Å²) >= 11 is 3.18. The first kappa shape index (κ1) is 11.2. The quantitative estimate of drug-likeness (QED) is 0.733. The van der Waals surface area contributed by atoms with Crippen LogP contribution in [0.5, 0.6) is 11.5 Å². The van der Waals surface area contributed by atoms with Gasteiger partial charge in [0.15, 0.2) is 11.5 Å². The Balaban J connectivity index is 2.07. The van der Waals surface area contributed by atoms with Crippen LogP contribution in [0.4, 0.5) is 15.9 Å². The summed E-state index contributed by atoms with van der Waals surface area (Å²) in [6.07, 6.45) is 1.24. The number of aromatic hydroxyl groups is 1. The van der Waals surface area contributed by atoms with Crippen LogP contribution in [0.25, 0.3) is 10.9 Å². The van der Waals surface area contributed by atoms with Crippen LogP contribution in [0.2, 0.25) is 0 Å². The summed E-state index contributed by atoms with van der Waals surface area (Å²) in [6.45, 7) is 0. The van der Waals surface area contributed by atoms with Gasteiger partial charge in [-0.3, -0.25) is 0 Å². The monoisotopic (exact) mass is 366 g/mol. The lowest BCUT2D eigenvalue weighted by Crippen LogP contribution is -1.98. The predicted molar refractivity (Wildman–Crippen MR) is 85.1 cm³/mol. The highest BCUT2D eigenvalue weighted by molar-refractivity contribution is 9.10. The molecule has 2 N–H and O–H groups in total. The van der Waals surface area contributed by atoms with Gasteiger partial charge in [0.05, 0.1) is 22.4 Å². The van der Waals surface area contributed by atoms with Crippen LogP contribution >= 0.6 is 15.9 Å². The molecule has 0 aliphatic heterocycles. The first-order valence-corrected chi connectivity index (χ1v) is 6.91. The molecule has 0 saturated carbocycles. The zero-order valence-electron chi connectivity index (χ0n) is 14.0. The molecule has 0 aliphatic rings. The van der Waals surface area contributed by atoms with E-state index in [0.717, 1.165) is 0 Å². The highest BCUT2D eigenvalue weighted by atomic mass is 79.9. The Morgan fingerprint density at radius 3 is 2.95 bits per heavy atom. The van der Waals surface area contributed by atoms with E-state index in [1.165, 1.54) is 30.6 Å². The third-order valence-corrected chi connectivity index (χ3v) is 3.50. The van der Waals surface area contributed by atoms with Crippen molar-refractivity contribution in [1.29, 1.82) is 0 Å². The topological polar surface area (TPSA) is 67.3 Å². The van der Waals surface area contributed by atoms with Gasteiger partial charge in [0, 0.05) is 15.9 Å². The molecule has 0 radical (unpaired) electrons. The Hall–Kier alpha value is -2.41. The minimum atomic E-state index is -2.73. The lowest BCUT2D eigenvalue weighted by molar-refractivity contribution is 0.374. The van der Waals surface area contributed by atoms with Crippen molar-refractivity contribution in [3.8, 4) is 11.5 Å². The van der Waals surface area contributed by atoms with Gasteiger partial charge in [-0.1, -0.05) is 15.9 Å². The van der Waals surface area contributed by atoms with Crippen LogP contribution in [-0.4, -0.2) is 22.1 Å². The fourth-order valence-corrected chi connectivity index (χ4v) is 2.31. The Morgan fingerprint density at radius 1 is 1.32 bits per heavy atom. The zero-order chi connectivity index (χ0) is 18.2. The number of nitrogens with one attached hydrogen (secondary N) is 1. The molecule has 0 aliphatic carbocycles. The van der Waals surface area contributed by atoms with Crippen LogP contribution in [0.1, 0.15) is 4.11 Å². The van der Waals surface area contributed by atoms with Crippen molar-refractivity contribution < 1.29 is 18.3 Å². The maximum Gasteiger partial charge on any atom is 0.161 e. The van der Waals surface area contributed by atoms with Gasteiger partial charge in [0.1, 0.15) is 18.0 Å². The number of aromatic nitrogens is 2. The minimum Gasteiger partial charge on any atom is -0.504 e. The Morgan fingerprint density at radius 2 is 2.18 bits per heavy atom. The number of fused-ring (bicyclic) bond motifs is 1. The summed E-state index contributed by atoms with van der Waals surface area (Å²) < 4.78 is 40.8. The van der Waals surface area contributed by atoms with Crippen molar-refractivity contribution in [2.45, 2.75) is 0 Å². The molecule has 0 spiro atoms. The number of phenols is 1. The van der Waals surface area contributed by atoms with Gasteiger partial charge >= 0.3 is 0 Å². The van der Waals surface area contributed by atoms with Crippen LogP contribution in [0.3, 0.4) is 0 Å². The molecule has 0 bridgehead atoms. The number of ether oxygens (including phenoxy) is 1. The van der Waals surface area contributed by atoms with E-state index in [2.05, 4.69) is 31.2 Å². The fraction of sp³-hybridized carbons (Fsp3) is 0.0667.